The van der Waals surface area contributed by atoms with Crippen molar-refractivity contribution in [2.45, 2.75) is 13.0 Å². The van der Waals surface area contributed by atoms with Crippen LogP contribution in [0.2, 0.25) is 0 Å². The van der Waals surface area contributed by atoms with Crippen LogP contribution in [0.1, 0.15) is 16.8 Å². The smallest absolute Gasteiger partial charge is 0.340 e. The molecule has 0 saturated heterocycles. The number of methoxy groups -OCH3 is 3. The third kappa shape index (κ3) is 4.85. The van der Waals surface area contributed by atoms with Gasteiger partial charge in [0.05, 0.1) is 49.8 Å². The van der Waals surface area contributed by atoms with E-state index in [0.29, 0.717) is 22.4 Å². The van der Waals surface area contributed by atoms with Crippen LogP contribution in [-0.4, -0.2) is 42.8 Å². The second-order valence-electron chi connectivity index (χ2n) is 6.45. The zero-order valence-corrected chi connectivity index (χ0v) is 18.7. The number of aromatic nitrogens is 2. The van der Waals surface area contributed by atoms with Crippen LogP contribution in [0.5, 0.6) is 11.5 Å². The Balaban J connectivity index is 1.81. The first kappa shape index (κ1) is 22.3. The molecule has 9 nitrogen and oxygen atoms in total. The Morgan fingerprint density at radius 1 is 1.10 bits per heavy atom. The van der Waals surface area contributed by atoms with Crippen molar-refractivity contribution in [1.29, 1.82) is 0 Å². The minimum absolute atomic E-state index is 0.0178. The average Bonchev–Trinajstić information content (AvgIpc) is 2.78. The van der Waals surface area contributed by atoms with Crippen molar-refractivity contribution in [2.75, 3.05) is 26.6 Å². The highest BCUT2D eigenvalue weighted by Gasteiger charge is 2.19. The van der Waals surface area contributed by atoms with E-state index in [4.69, 9.17) is 14.2 Å². The summed E-state index contributed by atoms with van der Waals surface area (Å²) in [7, 11) is 4.12. The Bertz CT molecular complexity index is 1210. The van der Waals surface area contributed by atoms with E-state index in [1.807, 2.05) is 0 Å². The van der Waals surface area contributed by atoms with Crippen LogP contribution in [0.3, 0.4) is 0 Å². The Kier molecular flexibility index (Phi) is 6.91. The summed E-state index contributed by atoms with van der Waals surface area (Å²) in [5.41, 5.74) is 0.646. The number of aryl methyl sites for hydroxylation is 1. The van der Waals surface area contributed by atoms with Gasteiger partial charge in [0, 0.05) is 29.6 Å². The minimum atomic E-state index is -0.642. The summed E-state index contributed by atoms with van der Waals surface area (Å²) in [4.78, 5) is 41.6. The first-order valence-corrected chi connectivity index (χ1v) is 9.96. The molecule has 0 radical (unpaired) electrons. The van der Waals surface area contributed by atoms with Crippen molar-refractivity contribution in [1.82, 2.24) is 9.55 Å². The summed E-state index contributed by atoms with van der Waals surface area (Å²) in [6, 6.07) is 8.13. The van der Waals surface area contributed by atoms with Crippen LogP contribution in [0, 0.1) is 0 Å². The summed E-state index contributed by atoms with van der Waals surface area (Å²) < 4.78 is 17.3. The average molecular weight is 490 g/mol. The van der Waals surface area contributed by atoms with Crippen molar-refractivity contribution in [3.05, 3.63) is 57.0 Å². The molecule has 0 bridgehead atoms. The van der Waals surface area contributed by atoms with Gasteiger partial charge in [0.15, 0.2) is 11.5 Å². The summed E-state index contributed by atoms with van der Waals surface area (Å²) >= 11 is 3.34. The van der Waals surface area contributed by atoms with E-state index < -0.39 is 11.9 Å². The maximum atomic E-state index is 12.7. The summed E-state index contributed by atoms with van der Waals surface area (Å²) in [5.74, 6) is -0.387. The van der Waals surface area contributed by atoms with E-state index >= 15 is 0 Å². The largest absolute Gasteiger partial charge is 0.493 e. The van der Waals surface area contributed by atoms with Crippen molar-refractivity contribution in [3.63, 3.8) is 0 Å². The number of carbonyl (C=O) groups excluding carboxylic acids is 2. The summed E-state index contributed by atoms with van der Waals surface area (Å²) in [5, 5.41) is 3.12. The molecular formula is C21H20BrN3O6. The quantitative estimate of drug-likeness (QED) is 0.508. The lowest BCUT2D eigenvalue weighted by Crippen LogP contribution is -2.24. The molecule has 0 saturated carbocycles. The fourth-order valence-corrected chi connectivity index (χ4v) is 3.35. The molecule has 1 N–H and O–H groups in total. The van der Waals surface area contributed by atoms with Gasteiger partial charge in [0.2, 0.25) is 5.91 Å². The molecule has 10 heteroatoms. The molecule has 31 heavy (non-hydrogen) atoms. The number of esters is 1. The van der Waals surface area contributed by atoms with Gasteiger partial charge in [0.1, 0.15) is 0 Å². The number of anilines is 1. The van der Waals surface area contributed by atoms with E-state index in [9.17, 15) is 14.4 Å². The SMILES string of the molecule is COC(=O)c1cc(OC)c(OC)cc1NC(=O)CCn1cnc2ccc(Br)cc2c1=O. The normalized spacial score (nSPS) is 10.6. The second-order valence-corrected chi connectivity index (χ2v) is 7.36. The highest BCUT2D eigenvalue weighted by molar-refractivity contribution is 9.10. The number of benzene rings is 2. The van der Waals surface area contributed by atoms with Crippen LogP contribution in [0.15, 0.2) is 45.9 Å². The van der Waals surface area contributed by atoms with Gasteiger partial charge in [-0.05, 0) is 18.2 Å². The fourth-order valence-electron chi connectivity index (χ4n) is 2.99. The Labute approximate surface area is 186 Å². The minimum Gasteiger partial charge on any atom is -0.493 e. The number of rotatable bonds is 7. The topological polar surface area (TPSA) is 109 Å². The van der Waals surface area contributed by atoms with Crippen molar-refractivity contribution in [2.24, 2.45) is 0 Å². The first-order chi connectivity index (χ1) is 14.9. The van der Waals surface area contributed by atoms with Crippen LogP contribution in [-0.2, 0) is 16.1 Å². The first-order valence-electron chi connectivity index (χ1n) is 9.16. The predicted octanol–water partition coefficient (Wildman–Crippen LogP) is 2.99. The number of hydrogen-bond acceptors (Lipinski definition) is 7. The van der Waals surface area contributed by atoms with Crippen LogP contribution in [0.25, 0.3) is 10.9 Å². The van der Waals surface area contributed by atoms with Gasteiger partial charge >= 0.3 is 5.97 Å². The second kappa shape index (κ2) is 9.61. The van der Waals surface area contributed by atoms with E-state index in [0.717, 1.165) is 4.47 Å². The fraction of sp³-hybridized carbons (Fsp3) is 0.238. The molecule has 1 aromatic heterocycles. The summed E-state index contributed by atoms with van der Waals surface area (Å²) in [6.45, 7) is 0.112. The molecule has 0 unspecified atom stereocenters. The molecule has 0 spiro atoms. The van der Waals surface area contributed by atoms with Gasteiger partial charge in [-0.25, -0.2) is 9.78 Å². The van der Waals surface area contributed by atoms with Crippen molar-refractivity contribution < 1.29 is 23.8 Å². The highest BCUT2D eigenvalue weighted by atomic mass is 79.9. The number of halogens is 1. The number of nitrogens with zero attached hydrogens (tertiary/aromatic N) is 2. The highest BCUT2D eigenvalue weighted by Crippen LogP contribution is 2.33. The van der Waals surface area contributed by atoms with Crippen molar-refractivity contribution in [3.8, 4) is 11.5 Å². The van der Waals surface area contributed by atoms with Gasteiger partial charge in [-0.2, -0.15) is 0 Å². The van der Waals surface area contributed by atoms with Gasteiger partial charge in [-0.1, -0.05) is 15.9 Å². The molecule has 3 aromatic rings. The molecule has 3 rings (SSSR count). The molecule has 0 atom stereocenters. The standard InChI is InChI=1S/C21H20BrN3O6/c1-29-17-9-14(21(28)31-3)16(10-18(17)30-2)24-19(26)6-7-25-11-23-15-5-4-12(22)8-13(15)20(25)27/h4-5,8-11H,6-7H2,1-3H3,(H,24,26). The van der Waals surface area contributed by atoms with E-state index in [1.165, 1.54) is 44.4 Å². The molecule has 162 valence electrons. The lowest BCUT2D eigenvalue weighted by atomic mass is 10.1. The molecule has 2 aromatic carbocycles. The van der Waals surface area contributed by atoms with Crippen LogP contribution in [0.4, 0.5) is 5.69 Å². The number of nitrogens with one attached hydrogen (secondary N) is 1. The number of carbonyl (C=O) groups is 2. The maximum absolute atomic E-state index is 12.7. The molecular weight excluding hydrogens is 470 g/mol. The maximum Gasteiger partial charge on any atom is 0.340 e. The third-order valence-corrected chi connectivity index (χ3v) is 5.06. The van der Waals surface area contributed by atoms with Gasteiger partial charge in [-0.15, -0.1) is 0 Å². The Hall–Kier alpha value is -3.40. The van der Waals surface area contributed by atoms with E-state index in [1.54, 1.807) is 18.2 Å². The molecule has 0 aliphatic carbocycles. The molecule has 1 amide bonds. The van der Waals surface area contributed by atoms with Gasteiger partial charge < -0.3 is 19.5 Å². The zero-order valence-electron chi connectivity index (χ0n) is 17.1. The predicted molar refractivity (Wildman–Crippen MR) is 118 cm³/mol. The van der Waals surface area contributed by atoms with E-state index in [-0.39, 0.29) is 29.8 Å². The lowest BCUT2D eigenvalue weighted by Gasteiger charge is -2.15. The van der Waals surface area contributed by atoms with Crippen LogP contribution >= 0.6 is 15.9 Å². The molecule has 1 heterocycles. The summed E-state index contributed by atoms with van der Waals surface area (Å²) in [6.07, 6.45) is 1.39. The van der Waals surface area contributed by atoms with Gasteiger partial charge in [-0.3, -0.25) is 14.2 Å². The van der Waals surface area contributed by atoms with Crippen LogP contribution < -0.4 is 20.3 Å². The van der Waals surface area contributed by atoms with Crippen molar-refractivity contribution >= 4 is 44.4 Å². The lowest BCUT2D eigenvalue weighted by molar-refractivity contribution is -0.116. The number of ether oxygens (including phenoxy) is 3. The number of hydrogen-bond donors (Lipinski definition) is 1. The molecule has 0 fully saturated rings. The van der Waals surface area contributed by atoms with E-state index in [2.05, 4.69) is 26.2 Å². The Morgan fingerprint density at radius 3 is 2.48 bits per heavy atom. The number of amides is 1. The number of fused-ring (bicyclic) bond motifs is 1. The molecule has 0 aliphatic rings. The van der Waals surface area contributed by atoms with Gasteiger partial charge in [0.25, 0.3) is 5.56 Å². The third-order valence-electron chi connectivity index (χ3n) is 4.57. The zero-order chi connectivity index (χ0) is 22.5. The Morgan fingerprint density at radius 2 is 1.81 bits per heavy atom. The molecule has 0 aliphatic heterocycles. The monoisotopic (exact) mass is 489 g/mol.